The summed E-state index contributed by atoms with van der Waals surface area (Å²) in [7, 11) is 0. The minimum Gasteiger partial charge on any atom is -0.0622 e. The van der Waals surface area contributed by atoms with Crippen molar-refractivity contribution in [3.05, 3.63) is 158 Å². The van der Waals surface area contributed by atoms with Crippen molar-refractivity contribution in [2.75, 3.05) is 0 Å². The molecule has 0 nitrogen and oxygen atoms in total. The highest BCUT2D eigenvalue weighted by molar-refractivity contribution is 6.22. The number of hydrogen-bond donors (Lipinski definition) is 0. The van der Waals surface area contributed by atoms with Crippen molar-refractivity contribution < 1.29 is 0 Å². The summed E-state index contributed by atoms with van der Waals surface area (Å²) in [6.45, 7) is 0. The lowest BCUT2D eigenvalue weighted by Crippen LogP contribution is -1.92. The van der Waals surface area contributed by atoms with Crippen LogP contribution in [-0.4, -0.2) is 0 Å². The molecule has 186 valence electrons. The molecule has 0 heterocycles. The van der Waals surface area contributed by atoms with Crippen LogP contribution in [0.2, 0.25) is 0 Å². The van der Waals surface area contributed by atoms with Gasteiger partial charge in [0.15, 0.2) is 0 Å². The maximum Gasteiger partial charge on any atom is -0.00261 e. The molecule has 0 bridgehead atoms. The van der Waals surface area contributed by atoms with Crippen molar-refractivity contribution in [3.8, 4) is 33.4 Å². The van der Waals surface area contributed by atoms with Crippen LogP contribution in [0.4, 0.5) is 0 Å². The van der Waals surface area contributed by atoms with E-state index in [1.165, 1.54) is 76.5 Å². The number of rotatable bonds is 3. The Hall–Kier alpha value is -5.20. The van der Waals surface area contributed by atoms with E-state index in [1.54, 1.807) is 0 Å². The maximum absolute atomic E-state index is 2.40. The zero-order valence-electron chi connectivity index (χ0n) is 22.0. The first kappa shape index (κ1) is 22.8. The van der Waals surface area contributed by atoms with Crippen LogP contribution in [-0.2, 0) is 0 Å². The average Bonchev–Trinajstić information content (AvgIpc) is 3.03. The highest BCUT2D eigenvalue weighted by Crippen LogP contribution is 2.45. The van der Waals surface area contributed by atoms with Crippen molar-refractivity contribution in [2.45, 2.75) is 0 Å². The minimum atomic E-state index is 1.23. The Labute approximate surface area is 233 Å². The molecule has 0 aliphatic carbocycles. The molecular weight excluding hydrogens is 480 g/mol. The van der Waals surface area contributed by atoms with E-state index in [4.69, 9.17) is 0 Å². The van der Waals surface area contributed by atoms with Gasteiger partial charge in [0.2, 0.25) is 0 Å². The molecule has 0 saturated carbocycles. The molecule has 0 radical (unpaired) electrons. The summed E-state index contributed by atoms with van der Waals surface area (Å²) < 4.78 is 0. The van der Waals surface area contributed by atoms with Crippen LogP contribution in [0.25, 0.3) is 76.5 Å². The topological polar surface area (TPSA) is 0 Å². The van der Waals surface area contributed by atoms with Gasteiger partial charge >= 0.3 is 0 Å². The van der Waals surface area contributed by atoms with Gasteiger partial charge in [-0.15, -0.1) is 0 Å². The van der Waals surface area contributed by atoms with E-state index in [9.17, 15) is 0 Å². The second-order valence-electron chi connectivity index (χ2n) is 10.5. The van der Waals surface area contributed by atoms with E-state index in [0.29, 0.717) is 0 Å². The Morgan fingerprint density at radius 1 is 0.225 bits per heavy atom. The van der Waals surface area contributed by atoms with Crippen LogP contribution in [0.1, 0.15) is 0 Å². The second-order valence-corrected chi connectivity index (χ2v) is 10.5. The van der Waals surface area contributed by atoms with Gasteiger partial charge in [-0.25, -0.2) is 0 Å². The van der Waals surface area contributed by atoms with Crippen molar-refractivity contribution in [2.24, 2.45) is 0 Å². The molecule has 0 atom stereocenters. The van der Waals surface area contributed by atoms with Gasteiger partial charge < -0.3 is 0 Å². The predicted molar refractivity (Wildman–Crippen MR) is 173 cm³/mol. The highest BCUT2D eigenvalue weighted by Gasteiger charge is 2.17. The lowest BCUT2D eigenvalue weighted by molar-refractivity contribution is 1.65. The fourth-order valence-corrected chi connectivity index (χ4v) is 6.30. The van der Waals surface area contributed by atoms with Gasteiger partial charge in [0, 0.05) is 0 Å². The van der Waals surface area contributed by atoms with Crippen molar-refractivity contribution in [3.63, 3.8) is 0 Å². The molecule has 8 aromatic carbocycles. The zero-order valence-corrected chi connectivity index (χ0v) is 22.0. The standard InChI is InChI=1S/C40H26/c1-2-12-29(13-3-1)39-35-16-8-9-17-36(35)40(34-21-19-28-11-5-7-15-31(28)25-34)37-23-22-33(26-38(37)39)32-20-18-27-10-4-6-14-30(27)24-32/h1-26H. The Morgan fingerprint density at radius 3 is 1.35 bits per heavy atom. The fraction of sp³-hybridized carbons (Fsp3) is 0. The summed E-state index contributed by atoms with van der Waals surface area (Å²) in [4.78, 5) is 0. The zero-order chi connectivity index (χ0) is 26.5. The first-order valence-corrected chi connectivity index (χ1v) is 13.9. The number of benzene rings is 8. The molecule has 0 fully saturated rings. The minimum absolute atomic E-state index is 1.23. The molecule has 0 aliphatic heterocycles. The maximum atomic E-state index is 2.40. The lowest BCUT2D eigenvalue weighted by Gasteiger charge is -2.19. The van der Waals surface area contributed by atoms with Crippen molar-refractivity contribution in [1.29, 1.82) is 0 Å². The second kappa shape index (κ2) is 9.22. The van der Waals surface area contributed by atoms with E-state index >= 15 is 0 Å². The quantitative estimate of drug-likeness (QED) is 0.209. The summed E-state index contributed by atoms with van der Waals surface area (Å²) in [5, 5.41) is 10.2. The number of fused-ring (bicyclic) bond motifs is 4. The van der Waals surface area contributed by atoms with E-state index in [1.807, 2.05) is 0 Å². The molecule has 0 aliphatic rings. The molecule has 0 N–H and O–H groups in total. The summed E-state index contributed by atoms with van der Waals surface area (Å²) in [6, 6.07) is 57.6. The van der Waals surface area contributed by atoms with Gasteiger partial charge in [-0.1, -0.05) is 140 Å². The van der Waals surface area contributed by atoms with Crippen LogP contribution < -0.4 is 0 Å². The Balaban J connectivity index is 1.48. The molecule has 0 spiro atoms. The van der Waals surface area contributed by atoms with E-state index in [0.717, 1.165) is 0 Å². The van der Waals surface area contributed by atoms with Crippen LogP contribution in [0.3, 0.4) is 0 Å². The molecule has 0 heteroatoms. The summed E-state index contributed by atoms with van der Waals surface area (Å²) in [5.74, 6) is 0. The lowest BCUT2D eigenvalue weighted by atomic mass is 9.84. The van der Waals surface area contributed by atoms with E-state index in [-0.39, 0.29) is 0 Å². The van der Waals surface area contributed by atoms with Gasteiger partial charge in [-0.3, -0.25) is 0 Å². The average molecular weight is 507 g/mol. The van der Waals surface area contributed by atoms with E-state index in [2.05, 4.69) is 158 Å². The summed E-state index contributed by atoms with van der Waals surface area (Å²) >= 11 is 0. The molecule has 0 aromatic heterocycles. The van der Waals surface area contributed by atoms with Crippen LogP contribution >= 0.6 is 0 Å². The molecule has 0 unspecified atom stereocenters. The third-order valence-corrected chi connectivity index (χ3v) is 8.21. The van der Waals surface area contributed by atoms with Crippen molar-refractivity contribution in [1.82, 2.24) is 0 Å². The Morgan fingerprint density at radius 2 is 0.675 bits per heavy atom. The van der Waals surface area contributed by atoms with Gasteiger partial charge in [-0.05, 0) is 94.7 Å². The summed E-state index contributed by atoms with van der Waals surface area (Å²) in [5.41, 5.74) is 7.54. The smallest absolute Gasteiger partial charge is 0.00261 e. The fourth-order valence-electron chi connectivity index (χ4n) is 6.30. The highest BCUT2D eigenvalue weighted by atomic mass is 14.2. The molecule has 8 aromatic rings. The van der Waals surface area contributed by atoms with Gasteiger partial charge in [0.05, 0.1) is 0 Å². The largest absolute Gasteiger partial charge is 0.0622 e. The Kier molecular flexibility index (Phi) is 5.24. The van der Waals surface area contributed by atoms with Gasteiger partial charge in [0.25, 0.3) is 0 Å². The van der Waals surface area contributed by atoms with Gasteiger partial charge in [0.1, 0.15) is 0 Å². The number of hydrogen-bond acceptors (Lipinski definition) is 0. The van der Waals surface area contributed by atoms with Crippen LogP contribution in [0.15, 0.2) is 158 Å². The molecule has 40 heavy (non-hydrogen) atoms. The van der Waals surface area contributed by atoms with Gasteiger partial charge in [-0.2, -0.15) is 0 Å². The van der Waals surface area contributed by atoms with Crippen LogP contribution in [0.5, 0.6) is 0 Å². The molecular formula is C40H26. The predicted octanol–water partition coefficient (Wildman–Crippen LogP) is 11.3. The molecule has 0 saturated heterocycles. The Bertz CT molecular complexity index is 2200. The first-order chi connectivity index (χ1) is 19.8. The van der Waals surface area contributed by atoms with Crippen molar-refractivity contribution >= 4 is 43.1 Å². The summed E-state index contributed by atoms with van der Waals surface area (Å²) in [6.07, 6.45) is 0. The monoisotopic (exact) mass is 506 g/mol. The third-order valence-electron chi connectivity index (χ3n) is 8.21. The first-order valence-electron chi connectivity index (χ1n) is 13.9. The molecule has 8 rings (SSSR count). The van der Waals surface area contributed by atoms with Crippen LogP contribution in [0, 0.1) is 0 Å². The SMILES string of the molecule is c1ccc(-c2c3ccccc3c(-c3ccc4ccccc4c3)c3ccc(-c4ccc5ccccc5c4)cc23)cc1. The molecule has 0 amide bonds. The third kappa shape index (κ3) is 3.69. The van der Waals surface area contributed by atoms with E-state index < -0.39 is 0 Å². The normalized spacial score (nSPS) is 11.5.